The van der Waals surface area contributed by atoms with Crippen molar-refractivity contribution < 1.29 is 9.21 Å². The SMILES string of the molecule is O=C(C=Cc1ccc(-c2ccc(Cl)cc2Cl)o1)Nc1ccc2c(c1)Cc1ccccc1-2. The van der Waals surface area contributed by atoms with Crippen LogP contribution in [-0.2, 0) is 11.2 Å². The molecule has 4 aromatic rings. The Labute approximate surface area is 189 Å². The van der Waals surface area contributed by atoms with Crippen molar-refractivity contribution in [3.05, 3.63) is 106 Å². The number of halogens is 2. The van der Waals surface area contributed by atoms with Crippen LogP contribution in [-0.4, -0.2) is 5.91 Å². The van der Waals surface area contributed by atoms with E-state index in [1.165, 1.54) is 28.3 Å². The van der Waals surface area contributed by atoms with E-state index < -0.39 is 0 Å². The summed E-state index contributed by atoms with van der Waals surface area (Å²) in [6.45, 7) is 0. The Morgan fingerprint density at radius 2 is 1.68 bits per heavy atom. The Balaban J connectivity index is 1.27. The van der Waals surface area contributed by atoms with Crippen LogP contribution in [0.15, 0.2) is 83.3 Å². The summed E-state index contributed by atoms with van der Waals surface area (Å²) in [5.74, 6) is 0.943. The summed E-state index contributed by atoms with van der Waals surface area (Å²) >= 11 is 12.2. The van der Waals surface area contributed by atoms with Crippen molar-refractivity contribution in [2.24, 2.45) is 0 Å². The first-order valence-corrected chi connectivity index (χ1v) is 10.6. The van der Waals surface area contributed by atoms with E-state index in [0.717, 1.165) is 17.7 Å². The molecule has 0 bridgehead atoms. The van der Waals surface area contributed by atoms with Crippen molar-refractivity contribution in [1.29, 1.82) is 0 Å². The first-order chi connectivity index (χ1) is 15.1. The van der Waals surface area contributed by atoms with E-state index in [0.29, 0.717) is 21.6 Å². The largest absolute Gasteiger partial charge is 0.457 e. The molecule has 0 saturated heterocycles. The lowest BCUT2D eigenvalue weighted by molar-refractivity contribution is -0.111. The molecule has 3 aromatic carbocycles. The van der Waals surface area contributed by atoms with Crippen molar-refractivity contribution in [3.8, 4) is 22.5 Å². The van der Waals surface area contributed by atoms with E-state index in [9.17, 15) is 4.79 Å². The van der Waals surface area contributed by atoms with Crippen LogP contribution in [0.3, 0.4) is 0 Å². The highest BCUT2D eigenvalue weighted by Gasteiger charge is 2.18. The van der Waals surface area contributed by atoms with E-state index in [4.69, 9.17) is 27.6 Å². The van der Waals surface area contributed by atoms with Gasteiger partial charge in [-0.25, -0.2) is 0 Å². The fourth-order valence-electron chi connectivity index (χ4n) is 3.84. The van der Waals surface area contributed by atoms with Gasteiger partial charge in [-0.05, 0) is 77.2 Å². The zero-order valence-electron chi connectivity index (χ0n) is 16.4. The molecule has 152 valence electrons. The highest BCUT2D eigenvalue weighted by molar-refractivity contribution is 6.36. The van der Waals surface area contributed by atoms with Crippen LogP contribution < -0.4 is 5.32 Å². The normalized spacial score (nSPS) is 12.1. The molecule has 0 fully saturated rings. The van der Waals surface area contributed by atoms with E-state index in [2.05, 4.69) is 35.6 Å². The molecule has 5 rings (SSSR count). The number of carbonyl (C=O) groups excluding carboxylic acids is 1. The third kappa shape index (κ3) is 4.02. The van der Waals surface area contributed by atoms with Crippen LogP contribution in [0.25, 0.3) is 28.5 Å². The second-order valence-electron chi connectivity index (χ2n) is 7.35. The van der Waals surface area contributed by atoms with Crippen LogP contribution in [0.5, 0.6) is 0 Å². The van der Waals surface area contributed by atoms with E-state index in [1.54, 1.807) is 30.3 Å². The molecular weight excluding hydrogens is 429 g/mol. The molecule has 1 aliphatic carbocycles. The Morgan fingerprint density at radius 1 is 0.871 bits per heavy atom. The number of fused-ring (bicyclic) bond motifs is 3. The first-order valence-electron chi connectivity index (χ1n) is 9.82. The lowest BCUT2D eigenvalue weighted by Gasteiger charge is -2.06. The van der Waals surface area contributed by atoms with Gasteiger partial charge in [0.05, 0.1) is 5.02 Å². The zero-order chi connectivity index (χ0) is 21.4. The van der Waals surface area contributed by atoms with Crippen molar-refractivity contribution in [3.63, 3.8) is 0 Å². The molecule has 0 spiro atoms. The summed E-state index contributed by atoms with van der Waals surface area (Å²) < 4.78 is 5.79. The van der Waals surface area contributed by atoms with Gasteiger partial charge in [0, 0.05) is 22.3 Å². The van der Waals surface area contributed by atoms with Gasteiger partial charge in [-0.15, -0.1) is 0 Å². The molecule has 0 unspecified atom stereocenters. The highest BCUT2D eigenvalue weighted by Crippen LogP contribution is 2.37. The van der Waals surface area contributed by atoms with Crippen LogP contribution in [0.4, 0.5) is 5.69 Å². The Bertz CT molecular complexity index is 1340. The lowest BCUT2D eigenvalue weighted by atomic mass is 10.1. The molecule has 0 saturated carbocycles. The maximum absolute atomic E-state index is 12.4. The Hall–Kier alpha value is -3.27. The number of rotatable bonds is 4. The summed E-state index contributed by atoms with van der Waals surface area (Å²) in [7, 11) is 0. The maximum atomic E-state index is 12.4. The molecule has 31 heavy (non-hydrogen) atoms. The zero-order valence-corrected chi connectivity index (χ0v) is 17.9. The minimum atomic E-state index is -0.224. The predicted molar refractivity (Wildman–Crippen MR) is 127 cm³/mol. The quantitative estimate of drug-likeness (QED) is 0.291. The third-order valence-corrected chi connectivity index (χ3v) is 5.83. The second kappa shape index (κ2) is 8.10. The Kier molecular flexibility index (Phi) is 5.14. The van der Waals surface area contributed by atoms with E-state index in [-0.39, 0.29) is 5.91 Å². The van der Waals surface area contributed by atoms with Crippen LogP contribution in [0, 0.1) is 0 Å². The van der Waals surface area contributed by atoms with Crippen molar-refractivity contribution in [1.82, 2.24) is 0 Å². The highest BCUT2D eigenvalue weighted by atomic mass is 35.5. The fourth-order valence-corrected chi connectivity index (χ4v) is 4.34. The summed E-state index contributed by atoms with van der Waals surface area (Å²) in [4.78, 5) is 12.4. The minimum absolute atomic E-state index is 0.224. The summed E-state index contributed by atoms with van der Waals surface area (Å²) in [5, 5.41) is 3.99. The molecule has 1 amide bonds. The molecule has 0 radical (unpaired) electrons. The summed E-state index contributed by atoms with van der Waals surface area (Å²) in [6, 6.07) is 23.2. The average molecular weight is 446 g/mol. The molecule has 1 N–H and O–H groups in total. The van der Waals surface area contributed by atoms with Gasteiger partial charge < -0.3 is 9.73 Å². The second-order valence-corrected chi connectivity index (χ2v) is 8.20. The van der Waals surface area contributed by atoms with Gasteiger partial charge in [0.1, 0.15) is 11.5 Å². The van der Waals surface area contributed by atoms with Gasteiger partial charge in [0.2, 0.25) is 5.91 Å². The van der Waals surface area contributed by atoms with Gasteiger partial charge in [-0.1, -0.05) is 53.5 Å². The lowest BCUT2D eigenvalue weighted by Crippen LogP contribution is -2.07. The van der Waals surface area contributed by atoms with Crippen molar-refractivity contribution >= 4 is 40.9 Å². The maximum Gasteiger partial charge on any atom is 0.248 e. The molecule has 3 nitrogen and oxygen atoms in total. The van der Waals surface area contributed by atoms with Crippen molar-refractivity contribution in [2.45, 2.75) is 6.42 Å². The third-order valence-electron chi connectivity index (χ3n) is 5.28. The van der Waals surface area contributed by atoms with Gasteiger partial charge >= 0.3 is 0 Å². The van der Waals surface area contributed by atoms with Crippen LogP contribution in [0.2, 0.25) is 10.0 Å². The van der Waals surface area contributed by atoms with E-state index >= 15 is 0 Å². The first kappa shape index (κ1) is 19.7. The molecule has 1 aromatic heterocycles. The molecule has 0 atom stereocenters. The molecule has 5 heteroatoms. The number of benzene rings is 3. The predicted octanol–water partition coefficient (Wildman–Crippen LogP) is 7.48. The molecular formula is C26H17Cl2NO2. The fraction of sp³-hybridized carbons (Fsp3) is 0.0385. The van der Waals surface area contributed by atoms with Crippen LogP contribution in [0.1, 0.15) is 16.9 Å². The van der Waals surface area contributed by atoms with Gasteiger partial charge in [-0.3, -0.25) is 4.79 Å². The molecule has 1 heterocycles. The number of carbonyl (C=O) groups is 1. The molecule has 1 aliphatic rings. The van der Waals surface area contributed by atoms with Gasteiger partial charge in [0.15, 0.2) is 0 Å². The summed E-state index contributed by atoms with van der Waals surface area (Å²) in [6.07, 6.45) is 3.97. The Morgan fingerprint density at radius 3 is 2.55 bits per heavy atom. The molecule has 0 aliphatic heterocycles. The summed E-state index contributed by atoms with van der Waals surface area (Å²) in [5.41, 5.74) is 6.55. The number of nitrogens with one attached hydrogen (secondary N) is 1. The number of anilines is 1. The smallest absolute Gasteiger partial charge is 0.248 e. The standard InChI is InChI=1S/C26H17Cl2NO2/c27-18-5-9-23(24(28)15-18)25-11-7-20(31-25)8-12-26(30)29-19-6-10-22-17(14-19)13-16-3-1-2-4-21(16)22/h1-12,14-15H,13H2,(H,29,30). The van der Waals surface area contributed by atoms with Crippen molar-refractivity contribution in [2.75, 3.05) is 5.32 Å². The van der Waals surface area contributed by atoms with Gasteiger partial charge in [0.25, 0.3) is 0 Å². The number of furan rings is 1. The monoisotopic (exact) mass is 445 g/mol. The number of hydrogen-bond acceptors (Lipinski definition) is 2. The topological polar surface area (TPSA) is 42.2 Å². The van der Waals surface area contributed by atoms with E-state index in [1.807, 2.05) is 18.2 Å². The minimum Gasteiger partial charge on any atom is -0.457 e. The van der Waals surface area contributed by atoms with Crippen LogP contribution >= 0.6 is 23.2 Å². The average Bonchev–Trinajstić information content (AvgIpc) is 3.36. The number of amides is 1. The van der Waals surface area contributed by atoms with Gasteiger partial charge in [-0.2, -0.15) is 0 Å². The number of hydrogen-bond donors (Lipinski definition) is 1.